The maximum atomic E-state index is 11.8. The van der Waals surface area contributed by atoms with Crippen LogP contribution in [0.3, 0.4) is 0 Å². The van der Waals surface area contributed by atoms with Crippen molar-refractivity contribution in [2.45, 2.75) is 51.0 Å². The molecule has 2 N–H and O–H groups in total. The SMILES string of the molecule is CSCC(C)C(=O)NCC1(O)CCCCCC1. The maximum Gasteiger partial charge on any atom is 0.223 e. The van der Waals surface area contributed by atoms with Crippen molar-refractivity contribution in [1.29, 1.82) is 0 Å². The van der Waals surface area contributed by atoms with Crippen LogP contribution in [0, 0.1) is 5.92 Å². The van der Waals surface area contributed by atoms with E-state index in [0.717, 1.165) is 31.4 Å². The summed E-state index contributed by atoms with van der Waals surface area (Å²) in [5.41, 5.74) is -0.661. The Labute approximate surface area is 109 Å². The highest BCUT2D eigenvalue weighted by Gasteiger charge is 2.28. The first-order valence-electron chi connectivity index (χ1n) is 6.56. The van der Waals surface area contributed by atoms with Crippen LogP contribution in [0.25, 0.3) is 0 Å². The van der Waals surface area contributed by atoms with Crippen LogP contribution in [-0.4, -0.2) is 35.2 Å². The van der Waals surface area contributed by atoms with Gasteiger partial charge in [-0.1, -0.05) is 32.6 Å². The Balaban J connectivity index is 2.34. The Kier molecular flexibility index (Phi) is 6.34. The van der Waals surface area contributed by atoms with Gasteiger partial charge in [0, 0.05) is 18.2 Å². The zero-order chi connectivity index (χ0) is 12.7. The van der Waals surface area contributed by atoms with E-state index in [1.165, 1.54) is 12.8 Å². The molecule has 1 aliphatic carbocycles. The molecule has 0 aromatic rings. The largest absolute Gasteiger partial charge is 0.388 e. The monoisotopic (exact) mass is 259 g/mol. The summed E-state index contributed by atoms with van der Waals surface area (Å²) in [6.45, 7) is 2.35. The summed E-state index contributed by atoms with van der Waals surface area (Å²) < 4.78 is 0. The minimum atomic E-state index is -0.661. The summed E-state index contributed by atoms with van der Waals surface area (Å²) >= 11 is 1.68. The average Bonchev–Trinajstić information content (AvgIpc) is 2.52. The van der Waals surface area contributed by atoms with Crippen molar-refractivity contribution < 1.29 is 9.90 Å². The number of carbonyl (C=O) groups excluding carboxylic acids is 1. The second-order valence-electron chi connectivity index (χ2n) is 5.21. The molecule has 0 radical (unpaired) electrons. The Hall–Kier alpha value is -0.220. The molecule has 1 aliphatic rings. The maximum absolute atomic E-state index is 11.8. The molecule has 1 rings (SSSR count). The summed E-state index contributed by atoms with van der Waals surface area (Å²) in [5, 5.41) is 13.3. The van der Waals surface area contributed by atoms with Crippen molar-refractivity contribution in [2.24, 2.45) is 5.92 Å². The van der Waals surface area contributed by atoms with Crippen LogP contribution < -0.4 is 5.32 Å². The highest BCUT2D eigenvalue weighted by atomic mass is 32.2. The smallest absolute Gasteiger partial charge is 0.223 e. The molecule has 100 valence electrons. The highest BCUT2D eigenvalue weighted by Crippen LogP contribution is 2.26. The first kappa shape index (κ1) is 14.8. The number of hydrogen-bond donors (Lipinski definition) is 2. The first-order valence-corrected chi connectivity index (χ1v) is 7.96. The number of thioether (sulfide) groups is 1. The molecule has 0 aliphatic heterocycles. The van der Waals surface area contributed by atoms with Gasteiger partial charge in [0.05, 0.1) is 5.60 Å². The van der Waals surface area contributed by atoms with Crippen LogP contribution in [0.15, 0.2) is 0 Å². The molecular formula is C13H25NO2S. The lowest BCUT2D eigenvalue weighted by atomic mass is 9.94. The number of carbonyl (C=O) groups is 1. The van der Waals surface area contributed by atoms with Gasteiger partial charge in [-0.05, 0) is 19.1 Å². The quantitative estimate of drug-likeness (QED) is 0.744. The second kappa shape index (κ2) is 7.27. The van der Waals surface area contributed by atoms with Gasteiger partial charge in [-0.2, -0.15) is 11.8 Å². The van der Waals surface area contributed by atoms with Gasteiger partial charge >= 0.3 is 0 Å². The third-order valence-corrected chi connectivity index (χ3v) is 4.32. The van der Waals surface area contributed by atoms with Crippen molar-refractivity contribution >= 4 is 17.7 Å². The van der Waals surface area contributed by atoms with Crippen molar-refractivity contribution in [1.82, 2.24) is 5.32 Å². The Morgan fingerprint density at radius 3 is 2.47 bits per heavy atom. The van der Waals surface area contributed by atoms with Gasteiger partial charge in [-0.3, -0.25) is 4.79 Å². The highest BCUT2D eigenvalue weighted by molar-refractivity contribution is 7.98. The van der Waals surface area contributed by atoms with Crippen LogP contribution in [0.1, 0.15) is 45.4 Å². The van der Waals surface area contributed by atoms with E-state index in [0.29, 0.717) is 6.54 Å². The Bertz CT molecular complexity index is 238. The van der Waals surface area contributed by atoms with Crippen molar-refractivity contribution in [3.8, 4) is 0 Å². The molecule has 0 spiro atoms. The van der Waals surface area contributed by atoms with E-state index in [9.17, 15) is 9.90 Å². The zero-order valence-electron chi connectivity index (χ0n) is 11.0. The van der Waals surface area contributed by atoms with E-state index in [4.69, 9.17) is 0 Å². The predicted octanol–water partition coefficient (Wildman–Crippen LogP) is 2.19. The number of aliphatic hydroxyl groups is 1. The van der Waals surface area contributed by atoms with Gasteiger partial charge in [0.25, 0.3) is 0 Å². The fourth-order valence-corrected chi connectivity index (χ4v) is 2.97. The molecule has 0 bridgehead atoms. The number of nitrogens with one attached hydrogen (secondary N) is 1. The molecule has 0 heterocycles. The third-order valence-electron chi connectivity index (χ3n) is 3.49. The van der Waals surface area contributed by atoms with Crippen LogP contribution in [0.4, 0.5) is 0 Å². The van der Waals surface area contributed by atoms with Gasteiger partial charge in [0.2, 0.25) is 5.91 Å². The first-order chi connectivity index (χ1) is 8.07. The van der Waals surface area contributed by atoms with Crippen LogP contribution in [-0.2, 0) is 4.79 Å². The molecule has 3 nitrogen and oxygen atoms in total. The molecule has 4 heteroatoms. The molecule has 1 saturated carbocycles. The molecule has 1 amide bonds. The van der Waals surface area contributed by atoms with Gasteiger partial charge in [0.1, 0.15) is 0 Å². The molecule has 1 atom stereocenters. The lowest BCUT2D eigenvalue weighted by Gasteiger charge is -2.27. The van der Waals surface area contributed by atoms with Crippen molar-refractivity contribution in [3.05, 3.63) is 0 Å². The average molecular weight is 259 g/mol. The Morgan fingerprint density at radius 1 is 1.35 bits per heavy atom. The van der Waals surface area contributed by atoms with Crippen LogP contribution >= 0.6 is 11.8 Å². The van der Waals surface area contributed by atoms with Crippen molar-refractivity contribution in [3.63, 3.8) is 0 Å². The summed E-state index contributed by atoms with van der Waals surface area (Å²) in [6.07, 6.45) is 8.22. The topological polar surface area (TPSA) is 49.3 Å². The molecule has 0 saturated heterocycles. The molecule has 1 fully saturated rings. The Morgan fingerprint density at radius 2 is 1.94 bits per heavy atom. The standard InChI is InChI=1S/C13H25NO2S/c1-11(9-17-2)12(15)14-10-13(16)7-5-3-4-6-8-13/h11,16H,3-10H2,1-2H3,(H,14,15). The van der Waals surface area contributed by atoms with Crippen LogP contribution in [0.2, 0.25) is 0 Å². The fraction of sp³-hybridized carbons (Fsp3) is 0.923. The van der Waals surface area contributed by atoms with E-state index >= 15 is 0 Å². The number of amides is 1. The lowest BCUT2D eigenvalue weighted by Crippen LogP contribution is -2.44. The van der Waals surface area contributed by atoms with Crippen LogP contribution in [0.5, 0.6) is 0 Å². The van der Waals surface area contributed by atoms with Crippen molar-refractivity contribution in [2.75, 3.05) is 18.6 Å². The minimum absolute atomic E-state index is 0.0272. The molecule has 1 unspecified atom stereocenters. The minimum Gasteiger partial charge on any atom is -0.388 e. The zero-order valence-corrected chi connectivity index (χ0v) is 11.8. The van der Waals surface area contributed by atoms with E-state index in [1.807, 2.05) is 13.2 Å². The predicted molar refractivity (Wildman–Crippen MR) is 73.2 cm³/mol. The third kappa shape index (κ3) is 5.30. The van der Waals surface area contributed by atoms with Gasteiger partial charge in [0.15, 0.2) is 0 Å². The normalized spacial score (nSPS) is 21.6. The van der Waals surface area contributed by atoms with Gasteiger partial charge in [-0.15, -0.1) is 0 Å². The molecule has 0 aromatic heterocycles. The summed E-state index contributed by atoms with van der Waals surface area (Å²) in [6, 6.07) is 0. The van der Waals surface area contributed by atoms with Gasteiger partial charge in [-0.25, -0.2) is 0 Å². The second-order valence-corrected chi connectivity index (χ2v) is 6.12. The van der Waals surface area contributed by atoms with Gasteiger partial charge < -0.3 is 10.4 Å². The summed E-state index contributed by atoms with van der Waals surface area (Å²) in [7, 11) is 0. The van der Waals surface area contributed by atoms with E-state index in [1.54, 1.807) is 11.8 Å². The number of rotatable bonds is 5. The molecule has 0 aromatic carbocycles. The molecule has 17 heavy (non-hydrogen) atoms. The summed E-state index contributed by atoms with van der Waals surface area (Å²) in [4.78, 5) is 11.8. The fourth-order valence-electron chi connectivity index (χ4n) is 2.32. The summed E-state index contributed by atoms with van der Waals surface area (Å²) in [5.74, 6) is 0.931. The lowest BCUT2D eigenvalue weighted by molar-refractivity contribution is -0.125. The molecular weight excluding hydrogens is 234 g/mol. The number of hydrogen-bond acceptors (Lipinski definition) is 3. The van der Waals surface area contributed by atoms with E-state index in [-0.39, 0.29) is 11.8 Å². The van der Waals surface area contributed by atoms with E-state index in [2.05, 4.69) is 5.32 Å². The van der Waals surface area contributed by atoms with E-state index < -0.39 is 5.60 Å².